The van der Waals surface area contributed by atoms with E-state index >= 15 is 0 Å². The Bertz CT molecular complexity index is 794. The van der Waals surface area contributed by atoms with E-state index in [1.165, 1.54) is 30.4 Å². The standard InChI is InChI=1S/C24H31N3O/c1-19-9-11-21(12-10-19)25-24(28)13-14-26-15-17-27(18-16-26)23-8-4-6-20-5-2-3-7-22(20)23/h2-3,5,7,9-12,23H,4,6,8,13-18H2,1H3,(H,25,28). The van der Waals surface area contributed by atoms with Crippen molar-refractivity contribution in [3.63, 3.8) is 0 Å². The van der Waals surface area contributed by atoms with Crippen LogP contribution in [-0.4, -0.2) is 48.4 Å². The van der Waals surface area contributed by atoms with Crippen LogP contribution in [0.2, 0.25) is 0 Å². The number of hydrogen-bond donors (Lipinski definition) is 1. The second kappa shape index (κ2) is 8.89. The maximum absolute atomic E-state index is 12.2. The highest BCUT2D eigenvalue weighted by molar-refractivity contribution is 5.90. The number of nitrogens with zero attached hydrogens (tertiary/aromatic N) is 2. The molecule has 1 saturated heterocycles. The number of carbonyl (C=O) groups is 1. The van der Waals surface area contributed by atoms with Crippen LogP contribution in [0.5, 0.6) is 0 Å². The van der Waals surface area contributed by atoms with Gasteiger partial charge in [-0.1, -0.05) is 42.0 Å². The van der Waals surface area contributed by atoms with E-state index in [1.54, 1.807) is 5.56 Å². The number of hydrogen-bond acceptors (Lipinski definition) is 3. The molecule has 1 atom stereocenters. The molecule has 2 aromatic rings. The lowest BCUT2D eigenvalue weighted by Gasteiger charge is -2.41. The summed E-state index contributed by atoms with van der Waals surface area (Å²) in [6.45, 7) is 7.19. The number of rotatable bonds is 5. The Balaban J connectivity index is 1.24. The molecule has 28 heavy (non-hydrogen) atoms. The zero-order valence-electron chi connectivity index (χ0n) is 16.9. The molecule has 0 aromatic heterocycles. The van der Waals surface area contributed by atoms with Crippen molar-refractivity contribution >= 4 is 11.6 Å². The number of amides is 1. The van der Waals surface area contributed by atoms with Crippen molar-refractivity contribution in [2.45, 2.75) is 38.6 Å². The lowest BCUT2D eigenvalue weighted by molar-refractivity contribution is -0.116. The molecule has 0 radical (unpaired) electrons. The van der Waals surface area contributed by atoms with Crippen molar-refractivity contribution in [1.29, 1.82) is 0 Å². The van der Waals surface area contributed by atoms with Gasteiger partial charge in [-0.3, -0.25) is 9.69 Å². The summed E-state index contributed by atoms with van der Waals surface area (Å²) < 4.78 is 0. The topological polar surface area (TPSA) is 35.6 Å². The largest absolute Gasteiger partial charge is 0.326 e. The predicted octanol–water partition coefficient (Wildman–Crippen LogP) is 4.02. The van der Waals surface area contributed by atoms with Crippen LogP contribution in [0.25, 0.3) is 0 Å². The molecule has 2 aliphatic rings. The van der Waals surface area contributed by atoms with Gasteiger partial charge < -0.3 is 10.2 Å². The summed E-state index contributed by atoms with van der Waals surface area (Å²) in [7, 11) is 0. The van der Waals surface area contributed by atoms with Gasteiger partial charge in [0.25, 0.3) is 0 Å². The van der Waals surface area contributed by atoms with E-state index in [2.05, 4.69) is 46.3 Å². The molecule has 1 unspecified atom stereocenters. The number of benzene rings is 2. The normalized spacial score (nSPS) is 20.5. The highest BCUT2D eigenvalue weighted by Gasteiger charge is 2.28. The lowest BCUT2D eigenvalue weighted by Crippen LogP contribution is -2.48. The fourth-order valence-electron chi connectivity index (χ4n) is 4.53. The van der Waals surface area contributed by atoms with Gasteiger partial charge in [0.05, 0.1) is 0 Å². The maximum Gasteiger partial charge on any atom is 0.225 e. The lowest BCUT2D eigenvalue weighted by atomic mass is 9.86. The molecule has 1 heterocycles. The third-order valence-corrected chi connectivity index (χ3v) is 6.18. The summed E-state index contributed by atoms with van der Waals surface area (Å²) in [5.74, 6) is 0.104. The number of nitrogens with one attached hydrogen (secondary N) is 1. The molecule has 4 rings (SSSR count). The zero-order chi connectivity index (χ0) is 19.3. The van der Waals surface area contributed by atoms with Crippen LogP contribution in [-0.2, 0) is 11.2 Å². The summed E-state index contributed by atoms with van der Waals surface area (Å²) in [4.78, 5) is 17.3. The number of fused-ring (bicyclic) bond motifs is 1. The van der Waals surface area contributed by atoms with E-state index in [0.29, 0.717) is 12.5 Å². The Morgan fingerprint density at radius 2 is 1.79 bits per heavy atom. The molecule has 0 bridgehead atoms. The molecule has 0 saturated carbocycles. The maximum atomic E-state index is 12.2. The van der Waals surface area contributed by atoms with Crippen LogP contribution in [0, 0.1) is 6.92 Å². The average molecular weight is 378 g/mol. The first-order valence-electron chi connectivity index (χ1n) is 10.6. The van der Waals surface area contributed by atoms with Gasteiger partial charge in [-0.25, -0.2) is 0 Å². The van der Waals surface area contributed by atoms with E-state index in [4.69, 9.17) is 0 Å². The summed E-state index contributed by atoms with van der Waals surface area (Å²) in [6, 6.07) is 17.5. The molecule has 148 valence electrons. The summed E-state index contributed by atoms with van der Waals surface area (Å²) in [5.41, 5.74) is 5.17. The van der Waals surface area contributed by atoms with Crippen molar-refractivity contribution in [1.82, 2.24) is 9.80 Å². The van der Waals surface area contributed by atoms with E-state index in [-0.39, 0.29) is 5.91 Å². The first-order valence-corrected chi connectivity index (χ1v) is 10.6. The van der Waals surface area contributed by atoms with Gasteiger partial charge in [0.1, 0.15) is 0 Å². The number of aryl methyl sites for hydroxylation is 2. The van der Waals surface area contributed by atoms with Gasteiger partial charge in [-0.15, -0.1) is 0 Å². The molecule has 4 heteroatoms. The molecule has 2 aromatic carbocycles. The van der Waals surface area contributed by atoms with Crippen molar-refractivity contribution in [2.75, 3.05) is 38.0 Å². The first-order chi connectivity index (χ1) is 13.7. The first kappa shape index (κ1) is 19.2. The molecule has 1 amide bonds. The zero-order valence-corrected chi connectivity index (χ0v) is 16.9. The number of carbonyl (C=O) groups excluding carboxylic acids is 1. The minimum Gasteiger partial charge on any atom is -0.326 e. The number of piperazine rings is 1. The smallest absolute Gasteiger partial charge is 0.225 e. The number of anilines is 1. The van der Waals surface area contributed by atoms with Gasteiger partial charge in [-0.05, 0) is 49.4 Å². The molecule has 4 nitrogen and oxygen atoms in total. The van der Waals surface area contributed by atoms with E-state index < -0.39 is 0 Å². The SMILES string of the molecule is Cc1ccc(NC(=O)CCN2CCN(C3CCCc4ccccc43)CC2)cc1. The molecule has 1 fully saturated rings. The third-order valence-electron chi connectivity index (χ3n) is 6.18. The Morgan fingerprint density at radius 3 is 2.57 bits per heavy atom. The van der Waals surface area contributed by atoms with Crippen LogP contribution in [0.3, 0.4) is 0 Å². The van der Waals surface area contributed by atoms with Crippen LogP contribution in [0.4, 0.5) is 5.69 Å². The summed E-state index contributed by atoms with van der Waals surface area (Å²) in [5, 5.41) is 3.00. The molecule has 1 aliphatic heterocycles. The second-order valence-electron chi connectivity index (χ2n) is 8.15. The summed E-state index contributed by atoms with van der Waals surface area (Å²) >= 11 is 0. The van der Waals surface area contributed by atoms with Gasteiger partial charge in [0.15, 0.2) is 0 Å². The fourth-order valence-corrected chi connectivity index (χ4v) is 4.53. The predicted molar refractivity (Wildman–Crippen MR) is 115 cm³/mol. The van der Waals surface area contributed by atoms with Crippen LogP contribution in [0.1, 0.15) is 42.0 Å². The third kappa shape index (κ3) is 4.62. The van der Waals surface area contributed by atoms with Crippen LogP contribution < -0.4 is 5.32 Å². The Kier molecular flexibility index (Phi) is 6.08. The van der Waals surface area contributed by atoms with E-state index in [9.17, 15) is 4.79 Å². The van der Waals surface area contributed by atoms with Gasteiger partial charge in [-0.2, -0.15) is 0 Å². The molecule has 1 aliphatic carbocycles. The average Bonchev–Trinajstić information content (AvgIpc) is 2.74. The molecule has 1 N–H and O–H groups in total. The summed E-state index contributed by atoms with van der Waals surface area (Å²) in [6.07, 6.45) is 4.35. The second-order valence-corrected chi connectivity index (χ2v) is 8.15. The van der Waals surface area contributed by atoms with Gasteiger partial charge in [0.2, 0.25) is 5.91 Å². The van der Waals surface area contributed by atoms with Crippen molar-refractivity contribution in [3.05, 3.63) is 65.2 Å². The molecule has 0 spiro atoms. The Labute approximate surface area is 168 Å². The van der Waals surface area contributed by atoms with Crippen LogP contribution >= 0.6 is 0 Å². The Hall–Kier alpha value is -2.17. The van der Waals surface area contributed by atoms with Crippen molar-refractivity contribution < 1.29 is 4.79 Å². The Morgan fingerprint density at radius 1 is 1.04 bits per heavy atom. The quantitative estimate of drug-likeness (QED) is 0.855. The minimum absolute atomic E-state index is 0.104. The van der Waals surface area contributed by atoms with Gasteiger partial charge >= 0.3 is 0 Å². The highest BCUT2D eigenvalue weighted by atomic mass is 16.1. The van der Waals surface area contributed by atoms with Crippen molar-refractivity contribution in [2.24, 2.45) is 0 Å². The van der Waals surface area contributed by atoms with E-state index in [1.807, 2.05) is 24.3 Å². The minimum atomic E-state index is 0.104. The monoisotopic (exact) mass is 377 g/mol. The molecular weight excluding hydrogens is 346 g/mol. The highest BCUT2D eigenvalue weighted by Crippen LogP contribution is 2.34. The van der Waals surface area contributed by atoms with E-state index in [0.717, 1.165) is 38.4 Å². The fraction of sp³-hybridized carbons (Fsp3) is 0.458. The van der Waals surface area contributed by atoms with Crippen LogP contribution in [0.15, 0.2) is 48.5 Å². The van der Waals surface area contributed by atoms with Crippen molar-refractivity contribution in [3.8, 4) is 0 Å². The molecular formula is C24H31N3O. The van der Waals surface area contributed by atoms with Gasteiger partial charge in [0, 0.05) is 50.9 Å².